The minimum Gasteiger partial charge on any atom is -0.357 e. The third kappa shape index (κ3) is 6.00. The maximum absolute atomic E-state index is 12.5. The zero-order valence-electron chi connectivity index (χ0n) is 16.5. The molecule has 1 unspecified atom stereocenters. The van der Waals surface area contributed by atoms with Gasteiger partial charge in [-0.1, -0.05) is 13.8 Å². The van der Waals surface area contributed by atoms with Crippen molar-refractivity contribution in [2.75, 3.05) is 69.6 Å². The molecule has 9 heteroatoms. The minimum atomic E-state index is -3.19. The number of nitrogens with zero attached hydrogens (tertiary/aromatic N) is 4. The monoisotopic (exact) mass is 405 g/mol. The zero-order chi connectivity index (χ0) is 19.0. The fourth-order valence-electron chi connectivity index (χ4n) is 3.62. The molecule has 2 heterocycles. The lowest BCUT2D eigenvalue weighted by Crippen LogP contribution is -2.44. The lowest BCUT2D eigenvalue weighted by molar-refractivity contribution is 0.223. The molecule has 2 saturated heterocycles. The van der Waals surface area contributed by atoms with E-state index in [0.717, 1.165) is 56.6 Å². The molecule has 0 spiro atoms. The molecule has 152 valence electrons. The van der Waals surface area contributed by atoms with E-state index in [4.69, 9.17) is 0 Å². The number of nitrogens with one attached hydrogen (secondary N) is 1. The van der Waals surface area contributed by atoms with Gasteiger partial charge in [0.2, 0.25) is 10.0 Å². The topological polar surface area (TPSA) is 68.2 Å². The van der Waals surface area contributed by atoms with E-state index in [1.165, 1.54) is 0 Å². The Morgan fingerprint density at radius 2 is 1.88 bits per heavy atom. The van der Waals surface area contributed by atoms with Crippen molar-refractivity contribution < 1.29 is 8.42 Å². The third-order valence-corrected chi connectivity index (χ3v) is 7.89. The van der Waals surface area contributed by atoms with Crippen molar-refractivity contribution in [1.82, 2.24) is 19.4 Å². The van der Waals surface area contributed by atoms with Gasteiger partial charge in [-0.25, -0.2) is 12.7 Å². The minimum absolute atomic E-state index is 0.0971. The Morgan fingerprint density at radius 1 is 1.19 bits per heavy atom. The van der Waals surface area contributed by atoms with Gasteiger partial charge in [0.1, 0.15) is 0 Å². The average molecular weight is 406 g/mol. The van der Waals surface area contributed by atoms with Crippen LogP contribution in [0.5, 0.6) is 0 Å². The van der Waals surface area contributed by atoms with E-state index < -0.39 is 10.0 Å². The Labute approximate surface area is 163 Å². The number of likely N-dealkylation sites (N-methyl/N-ethyl adjacent to an activating group) is 1. The zero-order valence-corrected chi connectivity index (χ0v) is 18.1. The Morgan fingerprint density at radius 3 is 2.50 bits per heavy atom. The highest BCUT2D eigenvalue weighted by molar-refractivity contribution is 7.99. The first-order valence-electron chi connectivity index (χ1n) is 9.84. The van der Waals surface area contributed by atoms with Crippen LogP contribution in [-0.2, 0) is 10.0 Å². The number of rotatable bonds is 8. The molecule has 0 aromatic rings. The van der Waals surface area contributed by atoms with E-state index >= 15 is 0 Å². The normalized spacial score (nSPS) is 23.0. The molecular formula is C17H35N5O2S2. The maximum Gasteiger partial charge on any atom is 0.215 e. The summed E-state index contributed by atoms with van der Waals surface area (Å²) in [6.07, 6.45) is 1.13. The SMILES string of the molecule is CCNC(=NCCS(=O)(=O)N1CCSCC1)N1CCC(N(CC)CC)C1. The van der Waals surface area contributed by atoms with Crippen LogP contribution in [-0.4, -0.2) is 104 Å². The van der Waals surface area contributed by atoms with Gasteiger partial charge in [-0.15, -0.1) is 0 Å². The van der Waals surface area contributed by atoms with Crippen LogP contribution in [0.1, 0.15) is 27.2 Å². The molecule has 0 amide bonds. The number of sulfonamides is 1. The lowest BCUT2D eigenvalue weighted by atomic mass is 10.2. The largest absolute Gasteiger partial charge is 0.357 e. The molecule has 1 atom stereocenters. The predicted octanol–water partition coefficient (Wildman–Crippen LogP) is 0.747. The number of thioether (sulfide) groups is 1. The molecule has 2 aliphatic heterocycles. The first kappa shape index (κ1) is 21.8. The van der Waals surface area contributed by atoms with Gasteiger partial charge in [0.15, 0.2) is 5.96 Å². The molecular weight excluding hydrogens is 370 g/mol. The van der Waals surface area contributed by atoms with Crippen LogP contribution in [0.4, 0.5) is 0 Å². The van der Waals surface area contributed by atoms with Crippen LogP contribution in [0.25, 0.3) is 0 Å². The number of guanidine groups is 1. The van der Waals surface area contributed by atoms with Gasteiger partial charge in [-0.05, 0) is 26.4 Å². The van der Waals surface area contributed by atoms with E-state index in [1.807, 2.05) is 11.8 Å². The van der Waals surface area contributed by atoms with E-state index in [0.29, 0.717) is 25.7 Å². The number of likely N-dealkylation sites (tertiary alicyclic amines) is 1. The van der Waals surface area contributed by atoms with Gasteiger partial charge in [0.05, 0.1) is 12.3 Å². The fourth-order valence-corrected chi connectivity index (χ4v) is 6.07. The van der Waals surface area contributed by atoms with Gasteiger partial charge in [0, 0.05) is 50.3 Å². The van der Waals surface area contributed by atoms with E-state index in [2.05, 4.69) is 40.9 Å². The van der Waals surface area contributed by atoms with Crippen molar-refractivity contribution in [3.05, 3.63) is 0 Å². The van der Waals surface area contributed by atoms with Crippen molar-refractivity contribution in [3.63, 3.8) is 0 Å². The van der Waals surface area contributed by atoms with Crippen molar-refractivity contribution >= 4 is 27.7 Å². The van der Waals surface area contributed by atoms with Gasteiger partial charge >= 0.3 is 0 Å². The summed E-state index contributed by atoms with van der Waals surface area (Å²) in [5.74, 6) is 2.74. The number of aliphatic imine (C=N–C) groups is 1. The Kier molecular flexibility index (Phi) is 8.99. The van der Waals surface area contributed by atoms with Gasteiger partial charge < -0.3 is 10.2 Å². The van der Waals surface area contributed by atoms with Crippen LogP contribution >= 0.6 is 11.8 Å². The summed E-state index contributed by atoms with van der Waals surface area (Å²) >= 11 is 1.82. The average Bonchev–Trinajstić information content (AvgIpc) is 3.12. The highest BCUT2D eigenvalue weighted by Gasteiger charge is 2.28. The summed E-state index contributed by atoms with van der Waals surface area (Å²) in [6, 6.07) is 0.559. The van der Waals surface area contributed by atoms with Gasteiger partial charge in [-0.2, -0.15) is 11.8 Å². The second kappa shape index (κ2) is 10.7. The molecule has 0 aliphatic carbocycles. The second-order valence-corrected chi connectivity index (χ2v) is 9.99. The predicted molar refractivity (Wildman–Crippen MR) is 112 cm³/mol. The molecule has 2 rings (SSSR count). The van der Waals surface area contributed by atoms with Crippen LogP contribution < -0.4 is 5.32 Å². The van der Waals surface area contributed by atoms with Gasteiger partial charge in [0.25, 0.3) is 0 Å². The summed E-state index contributed by atoms with van der Waals surface area (Å²) in [5, 5.41) is 3.33. The summed E-state index contributed by atoms with van der Waals surface area (Å²) in [5.41, 5.74) is 0. The van der Waals surface area contributed by atoms with E-state index in [-0.39, 0.29) is 5.75 Å². The molecule has 2 fully saturated rings. The first-order valence-corrected chi connectivity index (χ1v) is 12.6. The summed E-state index contributed by atoms with van der Waals surface area (Å²) < 4.78 is 26.6. The quantitative estimate of drug-likeness (QED) is 0.475. The molecule has 0 bridgehead atoms. The molecule has 7 nitrogen and oxygen atoms in total. The standard InChI is InChI=1S/C17H35N5O2S2/c1-4-18-17(21-9-7-16(15-21)20(5-2)6-3)19-8-14-26(23,24)22-10-12-25-13-11-22/h16H,4-15H2,1-3H3,(H,18,19). The first-order chi connectivity index (χ1) is 12.5. The van der Waals surface area contributed by atoms with Crippen LogP contribution in [0, 0.1) is 0 Å². The molecule has 26 heavy (non-hydrogen) atoms. The van der Waals surface area contributed by atoms with E-state index in [9.17, 15) is 8.42 Å². The summed E-state index contributed by atoms with van der Waals surface area (Å²) in [4.78, 5) is 9.39. The van der Waals surface area contributed by atoms with Crippen molar-refractivity contribution in [1.29, 1.82) is 0 Å². The van der Waals surface area contributed by atoms with Crippen molar-refractivity contribution in [3.8, 4) is 0 Å². The van der Waals surface area contributed by atoms with E-state index in [1.54, 1.807) is 4.31 Å². The molecule has 0 aromatic carbocycles. The second-order valence-electron chi connectivity index (χ2n) is 6.67. The third-order valence-electron chi connectivity index (χ3n) is 5.10. The summed E-state index contributed by atoms with van der Waals surface area (Å²) in [7, 11) is -3.19. The molecule has 2 aliphatic rings. The number of hydrogen-bond donors (Lipinski definition) is 1. The smallest absolute Gasteiger partial charge is 0.215 e. The Hall–Kier alpha value is -0.510. The van der Waals surface area contributed by atoms with Gasteiger partial charge in [-0.3, -0.25) is 9.89 Å². The van der Waals surface area contributed by atoms with Crippen molar-refractivity contribution in [2.45, 2.75) is 33.2 Å². The Bertz CT molecular complexity index is 545. The molecule has 0 saturated carbocycles. The maximum atomic E-state index is 12.5. The fraction of sp³-hybridized carbons (Fsp3) is 0.941. The lowest BCUT2D eigenvalue weighted by Gasteiger charge is -2.27. The Balaban J connectivity index is 1.92. The highest BCUT2D eigenvalue weighted by Crippen LogP contribution is 2.16. The molecule has 0 radical (unpaired) electrons. The van der Waals surface area contributed by atoms with Crippen LogP contribution in [0.3, 0.4) is 0 Å². The highest BCUT2D eigenvalue weighted by atomic mass is 32.2. The number of hydrogen-bond acceptors (Lipinski definition) is 5. The molecule has 0 aromatic heterocycles. The summed E-state index contributed by atoms with van der Waals surface area (Å²) in [6.45, 7) is 12.9. The molecule has 1 N–H and O–H groups in total. The van der Waals surface area contributed by atoms with Crippen LogP contribution in [0.15, 0.2) is 4.99 Å². The van der Waals surface area contributed by atoms with Crippen molar-refractivity contribution in [2.24, 2.45) is 4.99 Å². The van der Waals surface area contributed by atoms with Crippen LogP contribution in [0.2, 0.25) is 0 Å².